The number of thiophene rings is 1. The highest BCUT2D eigenvalue weighted by molar-refractivity contribution is 7.80. The number of rotatable bonds is 4. The number of aryl methyl sites for hydroxylation is 2. The highest BCUT2D eigenvalue weighted by Crippen LogP contribution is 2.34. The van der Waals surface area contributed by atoms with E-state index < -0.39 is 0 Å². The summed E-state index contributed by atoms with van der Waals surface area (Å²) < 4.78 is 4.91. The lowest BCUT2D eigenvalue weighted by Crippen LogP contribution is -2.20. The van der Waals surface area contributed by atoms with Gasteiger partial charge in [0.05, 0.1) is 12.7 Å². The van der Waals surface area contributed by atoms with E-state index >= 15 is 0 Å². The molecule has 0 saturated heterocycles. The summed E-state index contributed by atoms with van der Waals surface area (Å²) in [7, 11) is 1.38. The van der Waals surface area contributed by atoms with Crippen molar-refractivity contribution in [2.45, 2.75) is 27.2 Å². The fourth-order valence-electron chi connectivity index (χ4n) is 2.40. The van der Waals surface area contributed by atoms with Crippen molar-refractivity contribution in [3.8, 4) is 0 Å². The molecule has 0 saturated carbocycles. The van der Waals surface area contributed by atoms with Gasteiger partial charge in [-0.15, -0.1) is 11.3 Å². The summed E-state index contributed by atoms with van der Waals surface area (Å²) in [5, 5.41) is 7.94. The van der Waals surface area contributed by atoms with Gasteiger partial charge in [-0.3, -0.25) is 0 Å². The van der Waals surface area contributed by atoms with Gasteiger partial charge in [0, 0.05) is 15.6 Å². The van der Waals surface area contributed by atoms with Crippen molar-refractivity contribution in [1.82, 2.24) is 0 Å². The third kappa shape index (κ3) is 4.06. The first kappa shape index (κ1) is 18.7. The molecule has 2 N–H and O–H groups in total. The molecule has 1 heterocycles. The third-order valence-corrected chi connectivity index (χ3v) is 5.13. The second-order valence-corrected chi connectivity index (χ2v) is 7.29. The first-order valence-corrected chi connectivity index (χ1v) is 9.02. The van der Waals surface area contributed by atoms with E-state index in [9.17, 15) is 4.79 Å². The predicted molar refractivity (Wildman–Crippen MR) is 106 cm³/mol. The molecule has 0 bridgehead atoms. The lowest BCUT2D eigenvalue weighted by Gasteiger charge is -2.13. The van der Waals surface area contributed by atoms with Gasteiger partial charge in [-0.2, -0.15) is 0 Å². The number of methoxy groups -OCH3 is 1. The Hall–Kier alpha value is -1.63. The molecule has 128 valence electrons. The SMILES string of the molecule is CCc1c(C)sc(NC(=S)Nc2cc(Cl)ccc2C)c1C(=O)OC. The Balaban J connectivity index is 2.26. The fourth-order valence-corrected chi connectivity index (χ4v) is 3.98. The molecule has 4 nitrogen and oxygen atoms in total. The van der Waals surface area contributed by atoms with E-state index in [4.69, 9.17) is 28.6 Å². The lowest BCUT2D eigenvalue weighted by molar-refractivity contribution is 0.0601. The molecule has 7 heteroatoms. The van der Waals surface area contributed by atoms with Crippen molar-refractivity contribution in [2.24, 2.45) is 0 Å². The summed E-state index contributed by atoms with van der Waals surface area (Å²) in [4.78, 5) is 13.2. The zero-order valence-electron chi connectivity index (χ0n) is 14.0. The van der Waals surface area contributed by atoms with Crippen LogP contribution in [-0.4, -0.2) is 18.2 Å². The molecule has 0 aliphatic rings. The molecule has 0 aliphatic carbocycles. The number of hydrogen-bond donors (Lipinski definition) is 2. The molecule has 0 fully saturated rings. The average Bonchev–Trinajstić information content (AvgIpc) is 2.85. The minimum atomic E-state index is -0.361. The maximum atomic E-state index is 12.1. The van der Waals surface area contributed by atoms with E-state index in [1.165, 1.54) is 18.4 Å². The van der Waals surface area contributed by atoms with E-state index in [1.54, 1.807) is 0 Å². The highest BCUT2D eigenvalue weighted by atomic mass is 35.5. The standard InChI is InChI=1S/C17H19ClN2O2S2/c1-5-12-10(3)24-15(14(12)16(21)22-4)20-17(23)19-13-8-11(18)7-6-9(13)2/h6-8H,5H2,1-4H3,(H2,19,20,23). The Morgan fingerprint density at radius 2 is 2.04 bits per heavy atom. The number of benzene rings is 1. The molecular weight excluding hydrogens is 364 g/mol. The smallest absolute Gasteiger partial charge is 0.341 e. The number of anilines is 2. The van der Waals surface area contributed by atoms with Gasteiger partial charge in [-0.25, -0.2) is 4.79 Å². The molecule has 24 heavy (non-hydrogen) atoms. The van der Waals surface area contributed by atoms with Crippen LogP contribution in [0.15, 0.2) is 18.2 Å². The third-order valence-electron chi connectivity index (χ3n) is 3.63. The Bertz CT molecular complexity index is 787. The van der Waals surface area contributed by atoms with Crippen molar-refractivity contribution < 1.29 is 9.53 Å². The van der Waals surface area contributed by atoms with Crippen LogP contribution < -0.4 is 10.6 Å². The van der Waals surface area contributed by atoms with Crippen LogP contribution in [-0.2, 0) is 11.2 Å². The lowest BCUT2D eigenvalue weighted by atomic mass is 10.1. The molecule has 0 radical (unpaired) electrons. The van der Waals surface area contributed by atoms with Crippen molar-refractivity contribution in [2.75, 3.05) is 17.7 Å². The van der Waals surface area contributed by atoms with E-state index in [0.29, 0.717) is 20.7 Å². The Morgan fingerprint density at radius 3 is 2.67 bits per heavy atom. The monoisotopic (exact) mass is 382 g/mol. The molecule has 2 rings (SSSR count). The number of carbonyl (C=O) groups excluding carboxylic acids is 1. The van der Waals surface area contributed by atoms with Crippen LogP contribution in [0.3, 0.4) is 0 Å². The zero-order valence-corrected chi connectivity index (χ0v) is 16.3. The number of nitrogens with one attached hydrogen (secondary N) is 2. The topological polar surface area (TPSA) is 50.4 Å². The van der Waals surface area contributed by atoms with E-state index in [0.717, 1.165) is 28.1 Å². The Kier molecular flexibility index (Phi) is 6.21. The fraction of sp³-hybridized carbons (Fsp3) is 0.294. The molecule has 1 aromatic heterocycles. The Labute approximate surface area is 156 Å². The molecule has 0 unspecified atom stereocenters. The second-order valence-electron chi connectivity index (χ2n) is 5.22. The van der Waals surface area contributed by atoms with Gasteiger partial charge in [-0.05, 0) is 55.7 Å². The van der Waals surface area contributed by atoms with Crippen molar-refractivity contribution in [3.05, 3.63) is 44.8 Å². The van der Waals surface area contributed by atoms with Crippen LogP contribution in [0, 0.1) is 13.8 Å². The van der Waals surface area contributed by atoms with Gasteiger partial charge < -0.3 is 15.4 Å². The largest absolute Gasteiger partial charge is 0.465 e. The maximum absolute atomic E-state index is 12.1. The average molecular weight is 383 g/mol. The van der Waals surface area contributed by atoms with Crippen LogP contribution >= 0.6 is 35.2 Å². The molecular formula is C17H19ClN2O2S2. The second kappa shape index (κ2) is 7.96. The Morgan fingerprint density at radius 1 is 1.33 bits per heavy atom. The van der Waals surface area contributed by atoms with Crippen LogP contribution in [0.25, 0.3) is 0 Å². The molecule has 1 aromatic carbocycles. The van der Waals surface area contributed by atoms with Crippen molar-refractivity contribution >= 4 is 56.9 Å². The van der Waals surface area contributed by atoms with Gasteiger partial charge in [0.1, 0.15) is 5.00 Å². The maximum Gasteiger partial charge on any atom is 0.341 e. The molecule has 0 spiro atoms. The van der Waals surface area contributed by atoms with Crippen molar-refractivity contribution in [1.29, 1.82) is 0 Å². The van der Waals surface area contributed by atoms with Gasteiger partial charge >= 0.3 is 5.97 Å². The first-order valence-electron chi connectivity index (χ1n) is 7.42. The van der Waals surface area contributed by atoms with E-state index in [-0.39, 0.29) is 5.97 Å². The number of ether oxygens (including phenoxy) is 1. The van der Waals surface area contributed by atoms with Gasteiger partial charge in [-0.1, -0.05) is 24.6 Å². The number of thiocarbonyl (C=S) groups is 1. The van der Waals surface area contributed by atoms with E-state index in [2.05, 4.69) is 10.6 Å². The molecule has 0 amide bonds. The summed E-state index contributed by atoms with van der Waals surface area (Å²) >= 11 is 12.9. The zero-order chi connectivity index (χ0) is 17.9. The number of carbonyl (C=O) groups is 1. The minimum Gasteiger partial charge on any atom is -0.465 e. The first-order chi connectivity index (χ1) is 11.4. The highest BCUT2D eigenvalue weighted by Gasteiger charge is 2.22. The van der Waals surface area contributed by atoms with Gasteiger partial charge in [0.2, 0.25) is 0 Å². The van der Waals surface area contributed by atoms with Crippen molar-refractivity contribution in [3.63, 3.8) is 0 Å². The van der Waals surface area contributed by atoms with Gasteiger partial charge in [0.25, 0.3) is 0 Å². The predicted octanol–water partition coefficient (Wildman–Crippen LogP) is 5.18. The quantitative estimate of drug-likeness (QED) is 0.563. The summed E-state index contributed by atoms with van der Waals surface area (Å²) in [5.41, 5.74) is 3.38. The van der Waals surface area contributed by atoms with Crippen LogP contribution in [0.1, 0.15) is 33.3 Å². The summed E-state index contributed by atoms with van der Waals surface area (Å²) in [6.07, 6.45) is 0.752. The normalized spacial score (nSPS) is 10.4. The summed E-state index contributed by atoms with van der Waals surface area (Å²) in [6.45, 7) is 5.96. The molecule has 2 aromatic rings. The van der Waals surface area contributed by atoms with Gasteiger partial charge in [0.15, 0.2) is 5.11 Å². The number of hydrogen-bond acceptors (Lipinski definition) is 4. The molecule has 0 aliphatic heterocycles. The van der Waals surface area contributed by atoms with Crippen LogP contribution in [0.4, 0.5) is 10.7 Å². The minimum absolute atomic E-state index is 0.361. The summed E-state index contributed by atoms with van der Waals surface area (Å²) in [5.74, 6) is -0.361. The molecule has 0 atom stereocenters. The van der Waals surface area contributed by atoms with Crippen LogP contribution in [0.5, 0.6) is 0 Å². The van der Waals surface area contributed by atoms with E-state index in [1.807, 2.05) is 39.0 Å². The van der Waals surface area contributed by atoms with Crippen LogP contribution in [0.2, 0.25) is 5.02 Å². The number of halogens is 1. The summed E-state index contributed by atoms with van der Waals surface area (Å²) in [6, 6.07) is 5.55. The number of esters is 1.